The van der Waals surface area contributed by atoms with Crippen LogP contribution in [0.2, 0.25) is 0 Å². The number of fused-ring (bicyclic) bond motifs is 1. The van der Waals surface area contributed by atoms with Gasteiger partial charge in [0, 0.05) is 25.1 Å². The molecule has 9 heteroatoms. The molecule has 5 aromatic rings. The number of aromatic nitrogens is 2. The quantitative estimate of drug-likeness (QED) is 0.158. The molecule has 3 N–H and O–H groups in total. The normalized spacial score (nSPS) is 11.7. The molecule has 0 aliphatic heterocycles. The molecule has 0 spiro atoms. The maximum atomic E-state index is 13.8. The van der Waals surface area contributed by atoms with E-state index in [1.54, 1.807) is 24.3 Å². The third-order valence-electron chi connectivity index (χ3n) is 7.21. The maximum Gasteiger partial charge on any atom is 0.264 e. The van der Waals surface area contributed by atoms with Gasteiger partial charge < -0.3 is 15.2 Å². The first-order valence-corrected chi connectivity index (χ1v) is 15.4. The van der Waals surface area contributed by atoms with E-state index < -0.39 is 10.0 Å². The third-order valence-corrected chi connectivity index (χ3v) is 9.05. The average Bonchev–Trinajstić information content (AvgIpc) is 3.32. The van der Waals surface area contributed by atoms with E-state index in [-0.39, 0.29) is 10.7 Å². The third kappa shape index (κ3) is 6.53. The first kappa shape index (κ1) is 29.0. The molecule has 8 nitrogen and oxygen atoms in total. The number of hydrogen-bond acceptors (Lipinski definition) is 5. The number of amidine groups is 1. The number of nitrogens with zero attached hydrogens (tertiary/aromatic N) is 4. The Morgan fingerprint density at radius 2 is 1.52 bits per heavy atom. The predicted molar refractivity (Wildman–Crippen MR) is 170 cm³/mol. The number of sulfonamides is 1. The summed E-state index contributed by atoms with van der Waals surface area (Å²) in [5, 5.41) is 7.69. The van der Waals surface area contributed by atoms with E-state index in [4.69, 9.17) is 16.1 Å². The summed E-state index contributed by atoms with van der Waals surface area (Å²) in [4.78, 5) is 7.35. The van der Waals surface area contributed by atoms with Crippen molar-refractivity contribution in [3.8, 4) is 0 Å². The van der Waals surface area contributed by atoms with E-state index in [1.165, 1.54) is 4.31 Å². The summed E-state index contributed by atoms with van der Waals surface area (Å²) in [6.07, 6.45) is 1.25. The van der Waals surface area contributed by atoms with Gasteiger partial charge in [-0.15, -0.1) is 0 Å². The molecule has 4 aromatic carbocycles. The highest BCUT2D eigenvalue weighted by molar-refractivity contribution is 7.92. The molecule has 0 amide bonds. The fourth-order valence-corrected chi connectivity index (χ4v) is 6.54. The Hall–Kier alpha value is -4.47. The number of hydrogen-bond donors (Lipinski definition) is 2. The van der Waals surface area contributed by atoms with Crippen molar-refractivity contribution < 1.29 is 8.42 Å². The Bertz CT molecular complexity index is 1770. The lowest BCUT2D eigenvalue weighted by molar-refractivity contribution is 0.403. The van der Waals surface area contributed by atoms with Gasteiger partial charge in [-0.1, -0.05) is 72.8 Å². The van der Waals surface area contributed by atoms with Crippen LogP contribution in [0.25, 0.3) is 11.0 Å². The van der Waals surface area contributed by atoms with Crippen LogP contribution in [-0.4, -0.2) is 55.9 Å². The number of nitrogen functional groups attached to an aromatic ring is 1. The van der Waals surface area contributed by atoms with Gasteiger partial charge in [0.2, 0.25) is 0 Å². The molecule has 1 aromatic heterocycles. The summed E-state index contributed by atoms with van der Waals surface area (Å²) in [6.45, 7) is 1.74. The van der Waals surface area contributed by atoms with Crippen LogP contribution < -0.4 is 10.0 Å². The summed E-state index contributed by atoms with van der Waals surface area (Å²) >= 11 is 0. The van der Waals surface area contributed by atoms with E-state index in [2.05, 4.69) is 21.6 Å². The van der Waals surface area contributed by atoms with Crippen molar-refractivity contribution in [3.05, 3.63) is 126 Å². The van der Waals surface area contributed by atoms with Crippen molar-refractivity contribution in [2.24, 2.45) is 5.73 Å². The lowest BCUT2D eigenvalue weighted by Crippen LogP contribution is -2.33. The number of imidazole rings is 1. The second kappa shape index (κ2) is 12.6. The van der Waals surface area contributed by atoms with E-state index >= 15 is 0 Å². The van der Waals surface area contributed by atoms with Crippen LogP contribution >= 0.6 is 0 Å². The van der Waals surface area contributed by atoms with Crippen LogP contribution in [0, 0.1) is 5.41 Å². The second-order valence-electron chi connectivity index (χ2n) is 10.6. The van der Waals surface area contributed by atoms with Crippen LogP contribution in [0.3, 0.4) is 0 Å². The van der Waals surface area contributed by atoms with Gasteiger partial charge in [-0.05, 0) is 68.5 Å². The summed E-state index contributed by atoms with van der Waals surface area (Å²) in [6, 6.07) is 32.2. The molecule has 0 bridgehead atoms. The van der Waals surface area contributed by atoms with E-state index in [1.807, 2.05) is 80.8 Å². The smallest absolute Gasteiger partial charge is 0.264 e. The highest BCUT2D eigenvalue weighted by Crippen LogP contribution is 2.29. The minimum atomic E-state index is -3.78. The zero-order valence-corrected chi connectivity index (χ0v) is 24.8. The monoisotopic (exact) mass is 580 g/mol. The zero-order chi connectivity index (χ0) is 29.7. The molecule has 0 fully saturated rings. The molecule has 0 saturated carbocycles. The van der Waals surface area contributed by atoms with Gasteiger partial charge in [-0.2, -0.15) is 0 Å². The van der Waals surface area contributed by atoms with Crippen molar-refractivity contribution in [1.29, 1.82) is 5.41 Å². The second-order valence-corrected chi connectivity index (χ2v) is 12.5. The first-order valence-electron chi connectivity index (χ1n) is 13.9. The fourth-order valence-electron chi connectivity index (χ4n) is 5.02. The number of rotatable bonds is 12. The molecule has 0 radical (unpaired) electrons. The van der Waals surface area contributed by atoms with Gasteiger partial charge in [0.1, 0.15) is 11.7 Å². The number of nitrogens with one attached hydrogen (secondary N) is 1. The standard InChI is InChI=1S/C33H36N6O2S/c1-37(2)20-9-21-39(42(40,41)29-12-7-4-8-13-29)28-18-19-31-30(23-28)36-32(38(31)24-26-10-5-3-6-11-26)22-25-14-16-27(17-15-25)33(34)35/h3-8,10-19,23H,9,20-22,24H2,1-2H3,(H3,34,35). The first-order chi connectivity index (χ1) is 20.2. The highest BCUT2D eigenvalue weighted by atomic mass is 32.2. The van der Waals surface area contributed by atoms with Gasteiger partial charge in [-0.3, -0.25) is 9.71 Å². The fraction of sp³-hybridized carbons (Fsp3) is 0.212. The number of nitrogens with two attached hydrogens (primary N) is 1. The number of benzene rings is 4. The van der Waals surface area contributed by atoms with Gasteiger partial charge >= 0.3 is 0 Å². The van der Waals surface area contributed by atoms with E-state index in [0.717, 1.165) is 34.5 Å². The Balaban J connectivity index is 1.57. The number of anilines is 1. The van der Waals surface area contributed by atoms with Crippen LogP contribution in [0.1, 0.15) is 28.9 Å². The average molecular weight is 581 g/mol. The lowest BCUT2D eigenvalue weighted by atomic mass is 10.1. The van der Waals surface area contributed by atoms with E-state index in [9.17, 15) is 8.42 Å². The maximum absolute atomic E-state index is 13.8. The van der Waals surface area contributed by atoms with E-state index in [0.29, 0.717) is 37.2 Å². The molecule has 0 aliphatic carbocycles. The molecule has 1 heterocycles. The molecule has 0 unspecified atom stereocenters. The van der Waals surface area contributed by atoms with Crippen LogP contribution in [0.15, 0.2) is 108 Å². The van der Waals surface area contributed by atoms with Crippen LogP contribution in [0.5, 0.6) is 0 Å². The minimum Gasteiger partial charge on any atom is -0.384 e. The minimum absolute atomic E-state index is 0.0333. The molecular formula is C33H36N6O2S. The van der Waals surface area contributed by atoms with Crippen molar-refractivity contribution in [3.63, 3.8) is 0 Å². The Morgan fingerprint density at radius 3 is 2.17 bits per heavy atom. The summed E-state index contributed by atoms with van der Waals surface area (Å²) in [5.41, 5.74) is 10.8. The van der Waals surface area contributed by atoms with Gasteiger partial charge in [0.25, 0.3) is 10.0 Å². The van der Waals surface area contributed by atoms with Crippen molar-refractivity contribution in [2.75, 3.05) is 31.5 Å². The molecule has 5 rings (SSSR count). The van der Waals surface area contributed by atoms with Crippen LogP contribution in [0.4, 0.5) is 5.69 Å². The molecule has 0 atom stereocenters. The molecular weight excluding hydrogens is 544 g/mol. The Kier molecular flexibility index (Phi) is 8.70. The summed E-state index contributed by atoms with van der Waals surface area (Å²) < 4.78 is 31.4. The van der Waals surface area contributed by atoms with Crippen molar-refractivity contribution >= 4 is 32.6 Å². The molecule has 0 saturated heterocycles. The van der Waals surface area contributed by atoms with Gasteiger partial charge in [0.15, 0.2) is 0 Å². The Labute approximate surface area is 247 Å². The van der Waals surface area contributed by atoms with Gasteiger partial charge in [-0.25, -0.2) is 13.4 Å². The summed E-state index contributed by atoms with van der Waals surface area (Å²) in [7, 11) is 0.186. The topological polar surface area (TPSA) is 108 Å². The highest BCUT2D eigenvalue weighted by Gasteiger charge is 2.25. The zero-order valence-electron chi connectivity index (χ0n) is 23.9. The SMILES string of the molecule is CN(C)CCCN(c1ccc2c(c1)nc(Cc1ccc(C(=N)N)cc1)n2Cc1ccccc1)S(=O)(=O)c1ccccc1. The van der Waals surface area contributed by atoms with Crippen molar-refractivity contribution in [1.82, 2.24) is 14.5 Å². The molecule has 216 valence electrons. The van der Waals surface area contributed by atoms with Crippen LogP contribution in [-0.2, 0) is 23.0 Å². The Morgan fingerprint density at radius 1 is 0.857 bits per heavy atom. The molecule has 0 aliphatic rings. The largest absolute Gasteiger partial charge is 0.384 e. The van der Waals surface area contributed by atoms with Crippen molar-refractivity contribution in [2.45, 2.75) is 24.3 Å². The lowest BCUT2D eigenvalue weighted by Gasteiger charge is -2.25. The molecule has 42 heavy (non-hydrogen) atoms. The predicted octanol–water partition coefficient (Wildman–Crippen LogP) is 5.11. The summed E-state index contributed by atoms with van der Waals surface area (Å²) in [5.74, 6) is 0.901. The van der Waals surface area contributed by atoms with Gasteiger partial charge in [0.05, 0.1) is 21.6 Å².